The van der Waals surface area contributed by atoms with Crippen molar-refractivity contribution in [3.63, 3.8) is 0 Å². The van der Waals surface area contributed by atoms with Gasteiger partial charge in [0.1, 0.15) is 11.8 Å². The van der Waals surface area contributed by atoms with Crippen LogP contribution in [0.4, 0.5) is 5.82 Å². The van der Waals surface area contributed by atoms with E-state index in [1.54, 1.807) is 6.33 Å². The molecule has 4 rings (SSSR count). The molecule has 128 valence electrons. The molecule has 24 heavy (non-hydrogen) atoms. The van der Waals surface area contributed by atoms with E-state index in [1.165, 1.54) is 12.7 Å². The fraction of sp³-hybridized carbons (Fsp3) is 0.625. The zero-order valence-electron chi connectivity index (χ0n) is 14.0. The Morgan fingerprint density at radius 3 is 2.88 bits per heavy atom. The summed E-state index contributed by atoms with van der Waals surface area (Å²) in [5.74, 6) is 0.865. The van der Waals surface area contributed by atoms with Gasteiger partial charge in [-0.2, -0.15) is 0 Å². The summed E-state index contributed by atoms with van der Waals surface area (Å²) in [7, 11) is 1.88. The molecular formula is C16H23N7O. The number of likely N-dealkylation sites (tertiary alicyclic amines) is 1. The van der Waals surface area contributed by atoms with Crippen molar-refractivity contribution in [3.05, 3.63) is 12.7 Å². The van der Waals surface area contributed by atoms with Gasteiger partial charge in [0.15, 0.2) is 11.5 Å². The van der Waals surface area contributed by atoms with Crippen molar-refractivity contribution < 1.29 is 4.79 Å². The van der Waals surface area contributed by atoms with E-state index >= 15 is 0 Å². The van der Waals surface area contributed by atoms with Crippen molar-refractivity contribution in [2.45, 2.75) is 19.3 Å². The molecular weight excluding hydrogens is 306 g/mol. The van der Waals surface area contributed by atoms with Crippen LogP contribution >= 0.6 is 0 Å². The molecule has 8 nitrogen and oxygen atoms in total. The molecule has 0 saturated carbocycles. The smallest absolute Gasteiger partial charge is 0.242 e. The lowest BCUT2D eigenvalue weighted by molar-refractivity contribution is -0.131. The van der Waals surface area contributed by atoms with Gasteiger partial charge in [-0.05, 0) is 31.2 Å². The Morgan fingerprint density at radius 1 is 1.29 bits per heavy atom. The van der Waals surface area contributed by atoms with Crippen LogP contribution in [0.2, 0.25) is 0 Å². The molecule has 0 radical (unpaired) electrons. The minimum Gasteiger partial charge on any atom is -0.348 e. The number of nitrogens with one attached hydrogen (secondary N) is 2. The van der Waals surface area contributed by atoms with Crippen molar-refractivity contribution in [1.82, 2.24) is 30.2 Å². The lowest BCUT2D eigenvalue weighted by Crippen LogP contribution is -2.47. The molecule has 0 unspecified atom stereocenters. The molecule has 1 spiro atoms. The Kier molecular flexibility index (Phi) is 3.84. The quantitative estimate of drug-likeness (QED) is 0.847. The number of fused-ring (bicyclic) bond motifs is 1. The number of imidazole rings is 1. The molecule has 2 saturated heterocycles. The van der Waals surface area contributed by atoms with Crippen molar-refractivity contribution in [2.75, 3.05) is 44.7 Å². The number of rotatable bonds is 3. The highest BCUT2D eigenvalue weighted by Gasteiger charge is 2.38. The molecule has 2 aliphatic heterocycles. The van der Waals surface area contributed by atoms with Crippen LogP contribution in [0, 0.1) is 5.41 Å². The third kappa shape index (κ3) is 2.71. The topological polar surface area (TPSA) is 90.0 Å². The Balaban J connectivity index is 1.40. The van der Waals surface area contributed by atoms with Gasteiger partial charge in [-0.15, -0.1) is 0 Å². The number of amides is 1. The van der Waals surface area contributed by atoms with Crippen LogP contribution in [-0.4, -0.2) is 70.5 Å². The van der Waals surface area contributed by atoms with Gasteiger partial charge in [-0.3, -0.25) is 4.79 Å². The number of piperidine rings is 1. The lowest BCUT2D eigenvalue weighted by atomic mass is 9.78. The second-order valence-electron chi connectivity index (χ2n) is 6.96. The zero-order valence-corrected chi connectivity index (χ0v) is 14.0. The van der Waals surface area contributed by atoms with E-state index in [1.807, 2.05) is 16.8 Å². The first-order valence-electron chi connectivity index (χ1n) is 8.51. The van der Waals surface area contributed by atoms with Crippen LogP contribution in [0.15, 0.2) is 12.7 Å². The van der Waals surface area contributed by atoms with Gasteiger partial charge >= 0.3 is 0 Å². The van der Waals surface area contributed by atoms with Crippen LogP contribution in [-0.2, 0) is 4.79 Å². The molecule has 2 fully saturated rings. The maximum absolute atomic E-state index is 12.7. The minimum absolute atomic E-state index is 0.157. The number of carbonyl (C=O) groups is 1. The summed E-state index contributed by atoms with van der Waals surface area (Å²) < 4.78 is 0. The predicted octanol–water partition coefficient (Wildman–Crippen LogP) is 0.391. The number of carbonyl (C=O) groups excluding carboxylic acids is 1. The second kappa shape index (κ2) is 6.01. The Hall–Kier alpha value is -2.22. The van der Waals surface area contributed by atoms with Gasteiger partial charge in [0.05, 0.1) is 12.9 Å². The molecule has 2 N–H and O–H groups in total. The number of H-pyrrole nitrogens is 1. The number of anilines is 1. The predicted molar refractivity (Wildman–Crippen MR) is 90.7 cm³/mol. The molecule has 2 aliphatic rings. The summed E-state index contributed by atoms with van der Waals surface area (Å²) in [4.78, 5) is 32.1. The average molecular weight is 329 g/mol. The lowest BCUT2D eigenvalue weighted by Gasteiger charge is -2.39. The van der Waals surface area contributed by atoms with E-state index in [-0.39, 0.29) is 5.91 Å². The summed E-state index contributed by atoms with van der Waals surface area (Å²) in [6.07, 6.45) is 6.53. The summed E-state index contributed by atoms with van der Waals surface area (Å²) in [5, 5.41) is 3.46. The molecule has 2 aromatic rings. The third-order valence-electron chi connectivity index (χ3n) is 5.45. The molecule has 2 aromatic heterocycles. The van der Waals surface area contributed by atoms with Crippen LogP contribution in [0.5, 0.6) is 0 Å². The third-order valence-corrected chi connectivity index (χ3v) is 5.45. The summed E-state index contributed by atoms with van der Waals surface area (Å²) in [6.45, 7) is 4.25. The van der Waals surface area contributed by atoms with E-state index in [0.717, 1.165) is 44.5 Å². The van der Waals surface area contributed by atoms with E-state index in [0.29, 0.717) is 23.4 Å². The van der Waals surface area contributed by atoms with Crippen molar-refractivity contribution in [1.29, 1.82) is 0 Å². The molecule has 0 atom stereocenters. The van der Waals surface area contributed by atoms with Crippen LogP contribution < -0.4 is 10.2 Å². The highest BCUT2D eigenvalue weighted by molar-refractivity contribution is 5.87. The van der Waals surface area contributed by atoms with Gasteiger partial charge < -0.3 is 20.1 Å². The Labute approximate surface area is 140 Å². The largest absolute Gasteiger partial charge is 0.348 e. The zero-order chi connectivity index (χ0) is 16.6. The maximum Gasteiger partial charge on any atom is 0.242 e. The molecule has 0 bridgehead atoms. The van der Waals surface area contributed by atoms with Crippen molar-refractivity contribution >= 4 is 22.9 Å². The monoisotopic (exact) mass is 329 g/mol. The second-order valence-corrected chi connectivity index (χ2v) is 6.96. The van der Waals surface area contributed by atoms with Crippen molar-refractivity contribution in [3.8, 4) is 0 Å². The number of likely N-dealkylation sites (N-methyl/N-ethyl adjacent to an activating group) is 1. The van der Waals surface area contributed by atoms with E-state index in [9.17, 15) is 4.79 Å². The SMILES string of the molecule is CN(CC(=O)N1CCC2(CCNC2)CC1)c1ncnc2nc[nH]c12. The van der Waals surface area contributed by atoms with Gasteiger partial charge in [0.2, 0.25) is 5.91 Å². The Morgan fingerprint density at radius 2 is 2.12 bits per heavy atom. The summed E-state index contributed by atoms with van der Waals surface area (Å²) >= 11 is 0. The first-order valence-corrected chi connectivity index (χ1v) is 8.51. The first-order chi connectivity index (χ1) is 11.7. The average Bonchev–Trinajstić information content (AvgIpc) is 3.24. The highest BCUT2D eigenvalue weighted by atomic mass is 16.2. The van der Waals surface area contributed by atoms with Crippen LogP contribution in [0.1, 0.15) is 19.3 Å². The van der Waals surface area contributed by atoms with E-state index in [2.05, 4.69) is 25.3 Å². The molecule has 1 amide bonds. The number of nitrogens with zero attached hydrogens (tertiary/aromatic N) is 5. The number of aromatic amines is 1. The normalized spacial score (nSPS) is 20.0. The van der Waals surface area contributed by atoms with E-state index < -0.39 is 0 Å². The summed E-state index contributed by atoms with van der Waals surface area (Å²) in [5.41, 5.74) is 1.81. The standard InChI is InChI=1S/C16H23N7O/c1-22(15-13-14(19-10-18-13)20-11-21-15)8-12(24)23-6-3-16(4-7-23)2-5-17-9-16/h10-11,17H,2-9H2,1H3,(H,18,19,20,21). The van der Waals surface area contributed by atoms with Crippen LogP contribution in [0.25, 0.3) is 11.2 Å². The molecule has 8 heteroatoms. The molecule has 4 heterocycles. The maximum atomic E-state index is 12.7. The van der Waals surface area contributed by atoms with Crippen molar-refractivity contribution in [2.24, 2.45) is 5.41 Å². The molecule has 0 aromatic carbocycles. The Bertz CT molecular complexity index is 727. The van der Waals surface area contributed by atoms with Gasteiger partial charge in [-0.25, -0.2) is 15.0 Å². The van der Waals surface area contributed by atoms with Gasteiger partial charge in [0, 0.05) is 26.7 Å². The first kappa shape index (κ1) is 15.3. The van der Waals surface area contributed by atoms with Gasteiger partial charge in [-0.1, -0.05) is 0 Å². The van der Waals surface area contributed by atoms with E-state index in [4.69, 9.17) is 0 Å². The highest BCUT2D eigenvalue weighted by Crippen LogP contribution is 2.36. The van der Waals surface area contributed by atoms with Crippen LogP contribution in [0.3, 0.4) is 0 Å². The molecule has 0 aliphatic carbocycles. The van der Waals surface area contributed by atoms with Gasteiger partial charge in [0.25, 0.3) is 0 Å². The summed E-state index contributed by atoms with van der Waals surface area (Å²) in [6, 6.07) is 0. The minimum atomic E-state index is 0.157. The number of hydrogen-bond donors (Lipinski definition) is 2. The fourth-order valence-electron chi connectivity index (χ4n) is 3.87. The number of hydrogen-bond acceptors (Lipinski definition) is 6. The number of aromatic nitrogens is 4. The fourth-order valence-corrected chi connectivity index (χ4v) is 3.87.